The summed E-state index contributed by atoms with van der Waals surface area (Å²) in [6, 6.07) is 0. The standard InChI is InChI=1S/C15H16ClN5O2/c1-3-7-19(2)14-10(15(22)23)9-17-21(14)13-12(16)11-6-4-5-8-20(11)18-13/h1,9H,4-8H2,2H3,(H,22,23). The average Bonchev–Trinajstić information content (AvgIpc) is 3.10. The van der Waals surface area contributed by atoms with Crippen LogP contribution in [-0.2, 0) is 13.0 Å². The van der Waals surface area contributed by atoms with E-state index in [0.717, 1.165) is 31.5 Å². The molecule has 8 heteroatoms. The molecule has 1 aliphatic heterocycles. The fourth-order valence-electron chi connectivity index (χ4n) is 2.80. The molecule has 1 aliphatic rings. The Morgan fingerprint density at radius 1 is 1.57 bits per heavy atom. The van der Waals surface area contributed by atoms with Gasteiger partial charge >= 0.3 is 5.97 Å². The summed E-state index contributed by atoms with van der Waals surface area (Å²) >= 11 is 6.47. The zero-order valence-electron chi connectivity index (χ0n) is 12.7. The van der Waals surface area contributed by atoms with E-state index in [0.29, 0.717) is 16.7 Å². The second-order valence-electron chi connectivity index (χ2n) is 5.42. The molecule has 0 bridgehead atoms. The van der Waals surface area contributed by atoms with E-state index in [1.54, 1.807) is 11.9 Å². The van der Waals surface area contributed by atoms with E-state index in [4.69, 9.17) is 18.0 Å². The highest BCUT2D eigenvalue weighted by Crippen LogP contribution is 2.32. The Bertz CT molecular complexity index is 802. The molecule has 0 amide bonds. The number of carboxylic acid groups (broad SMARTS) is 1. The smallest absolute Gasteiger partial charge is 0.341 e. The predicted octanol–water partition coefficient (Wildman–Crippen LogP) is 1.83. The molecule has 2 aromatic rings. The van der Waals surface area contributed by atoms with E-state index in [-0.39, 0.29) is 12.1 Å². The van der Waals surface area contributed by atoms with Crippen molar-refractivity contribution in [2.45, 2.75) is 25.8 Å². The third-order valence-electron chi connectivity index (χ3n) is 3.88. The quantitative estimate of drug-likeness (QED) is 0.864. The van der Waals surface area contributed by atoms with Crippen LogP contribution in [0.4, 0.5) is 5.82 Å². The molecular formula is C15H16ClN5O2. The molecule has 0 saturated heterocycles. The molecule has 0 aliphatic carbocycles. The molecule has 1 N–H and O–H groups in total. The number of aromatic carboxylic acids is 1. The van der Waals surface area contributed by atoms with Crippen LogP contribution < -0.4 is 4.90 Å². The van der Waals surface area contributed by atoms with Gasteiger partial charge in [-0.05, 0) is 19.3 Å². The molecule has 0 radical (unpaired) electrons. The molecule has 3 heterocycles. The van der Waals surface area contributed by atoms with Crippen LogP contribution in [0.1, 0.15) is 28.9 Å². The second kappa shape index (κ2) is 5.97. The number of aromatic nitrogens is 4. The molecule has 0 aromatic carbocycles. The van der Waals surface area contributed by atoms with Crippen LogP contribution in [-0.4, -0.2) is 44.2 Å². The predicted molar refractivity (Wildman–Crippen MR) is 86.4 cm³/mol. The van der Waals surface area contributed by atoms with Crippen LogP contribution in [0, 0.1) is 12.3 Å². The highest BCUT2D eigenvalue weighted by Gasteiger charge is 2.26. The zero-order chi connectivity index (χ0) is 16.6. The topological polar surface area (TPSA) is 76.2 Å². The first-order valence-corrected chi connectivity index (χ1v) is 7.64. The molecule has 0 atom stereocenters. The molecular weight excluding hydrogens is 318 g/mol. The molecule has 7 nitrogen and oxygen atoms in total. The fourth-order valence-corrected chi connectivity index (χ4v) is 3.11. The van der Waals surface area contributed by atoms with E-state index in [2.05, 4.69) is 16.1 Å². The largest absolute Gasteiger partial charge is 0.477 e. The third kappa shape index (κ3) is 2.55. The van der Waals surface area contributed by atoms with E-state index in [1.807, 2.05) is 4.68 Å². The Labute approximate surface area is 138 Å². The lowest BCUT2D eigenvalue weighted by Crippen LogP contribution is -2.23. The van der Waals surface area contributed by atoms with E-state index in [9.17, 15) is 9.90 Å². The number of hydrogen-bond acceptors (Lipinski definition) is 4. The number of halogens is 1. The molecule has 23 heavy (non-hydrogen) atoms. The van der Waals surface area contributed by atoms with Gasteiger partial charge in [0, 0.05) is 13.6 Å². The number of hydrogen-bond donors (Lipinski definition) is 1. The van der Waals surface area contributed by atoms with Crippen molar-refractivity contribution in [1.29, 1.82) is 0 Å². The van der Waals surface area contributed by atoms with Gasteiger partial charge in [0.15, 0.2) is 5.82 Å². The molecule has 0 saturated carbocycles. The number of anilines is 1. The second-order valence-corrected chi connectivity index (χ2v) is 5.80. The van der Waals surface area contributed by atoms with Crippen molar-refractivity contribution in [3.63, 3.8) is 0 Å². The summed E-state index contributed by atoms with van der Waals surface area (Å²) in [6.45, 7) is 1.05. The molecule has 2 aromatic heterocycles. The third-order valence-corrected chi connectivity index (χ3v) is 4.26. The normalized spacial score (nSPS) is 13.4. The lowest BCUT2D eigenvalue weighted by Gasteiger charge is -2.17. The van der Waals surface area contributed by atoms with Crippen molar-refractivity contribution < 1.29 is 9.90 Å². The lowest BCUT2D eigenvalue weighted by atomic mass is 10.1. The minimum absolute atomic E-state index is 0.0600. The molecule has 3 rings (SSSR count). The maximum atomic E-state index is 11.5. The lowest BCUT2D eigenvalue weighted by molar-refractivity contribution is 0.0697. The van der Waals surface area contributed by atoms with Gasteiger partial charge in [-0.3, -0.25) is 4.68 Å². The summed E-state index contributed by atoms with van der Waals surface area (Å²) < 4.78 is 3.32. The van der Waals surface area contributed by atoms with Crippen LogP contribution in [0.2, 0.25) is 5.02 Å². The van der Waals surface area contributed by atoms with Crippen molar-refractivity contribution in [1.82, 2.24) is 19.6 Å². The summed E-state index contributed by atoms with van der Waals surface area (Å²) in [7, 11) is 1.71. The maximum Gasteiger partial charge on any atom is 0.341 e. The number of nitrogens with zero attached hydrogens (tertiary/aromatic N) is 5. The van der Waals surface area contributed by atoms with Crippen LogP contribution in [0.15, 0.2) is 6.20 Å². The van der Waals surface area contributed by atoms with Crippen LogP contribution >= 0.6 is 11.6 Å². The van der Waals surface area contributed by atoms with Gasteiger partial charge in [0.05, 0.1) is 18.4 Å². The number of fused-ring (bicyclic) bond motifs is 1. The molecule has 0 unspecified atom stereocenters. The first kappa shape index (κ1) is 15.4. The Morgan fingerprint density at radius 3 is 3.00 bits per heavy atom. The van der Waals surface area contributed by atoms with Gasteiger partial charge in [-0.15, -0.1) is 6.42 Å². The van der Waals surface area contributed by atoms with Gasteiger partial charge in [-0.1, -0.05) is 17.5 Å². The molecule has 0 fully saturated rings. The van der Waals surface area contributed by atoms with E-state index in [1.165, 1.54) is 10.9 Å². The molecule has 120 valence electrons. The van der Waals surface area contributed by atoms with Crippen molar-refractivity contribution in [2.75, 3.05) is 18.5 Å². The van der Waals surface area contributed by atoms with E-state index < -0.39 is 5.97 Å². The van der Waals surface area contributed by atoms with Gasteiger partial charge in [0.2, 0.25) is 0 Å². The summed E-state index contributed by atoms with van der Waals surface area (Å²) in [5.41, 5.74) is 1.02. The highest BCUT2D eigenvalue weighted by atomic mass is 35.5. The Kier molecular flexibility index (Phi) is 4.01. The summed E-state index contributed by atoms with van der Waals surface area (Å²) in [5.74, 6) is 2.23. The average molecular weight is 334 g/mol. The van der Waals surface area contributed by atoms with Crippen molar-refractivity contribution >= 4 is 23.4 Å². The van der Waals surface area contributed by atoms with Crippen LogP contribution in [0.25, 0.3) is 5.82 Å². The Morgan fingerprint density at radius 2 is 2.35 bits per heavy atom. The minimum atomic E-state index is -1.07. The fraction of sp³-hybridized carbons (Fsp3) is 0.400. The SMILES string of the molecule is C#CCN(C)c1c(C(=O)O)cnn1-c1nn2c(c1Cl)CCCC2. The van der Waals surface area contributed by atoms with Crippen molar-refractivity contribution in [3.05, 3.63) is 22.5 Å². The summed E-state index contributed by atoms with van der Waals surface area (Å²) in [4.78, 5) is 13.1. The van der Waals surface area contributed by atoms with Crippen LogP contribution in [0.5, 0.6) is 0 Å². The number of carbonyl (C=O) groups is 1. The van der Waals surface area contributed by atoms with E-state index >= 15 is 0 Å². The minimum Gasteiger partial charge on any atom is -0.477 e. The number of carboxylic acids is 1. The summed E-state index contributed by atoms with van der Waals surface area (Å²) in [6.07, 6.45) is 9.61. The van der Waals surface area contributed by atoms with Gasteiger partial charge in [-0.25, -0.2) is 4.79 Å². The number of terminal acetylenes is 1. The van der Waals surface area contributed by atoms with Gasteiger partial charge < -0.3 is 10.0 Å². The zero-order valence-corrected chi connectivity index (χ0v) is 13.4. The summed E-state index contributed by atoms with van der Waals surface area (Å²) in [5, 5.41) is 18.6. The Balaban J connectivity index is 2.15. The van der Waals surface area contributed by atoms with Crippen LogP contribution in [0.3, 0.4) is 0 Å². The van der Waals surface area contributed by atoms with Gasteiger partial charge in [0.25, 0.3) is 0 Å². The van der Waals surface area contributed by atoms with Crippen molar-refractivity contribution in [2.24, 2.45) is 0 Å². The number of aryl methyl sites for hydroxylation is 1. The van der Waals surface area contributed by atoms with Gasteiger partial charge in [0.1, 0.15) is 16.4 Å². The van der Waals surface area contributed by atoms with Crippen molar-refractivity contribution in [3.8, 4) is 18.2 Å². The Hall–Kier alpha value is -2.46. The first-order valence-electron chi connectivity index (χ1n) is 7.26. The number of rotatable bonds is 4. The van der Waals surface area contributed by atoms with Gasteiger partial charge in [-0.2, -0.15) is 14.9 Å². The maximum absolute atomic E-state index is 11.5. The first-order chi connectivity index (χ1) is 11.0. The highest BCUT2D eigenvalue weighted by molar-refractivity contribution is 6.33. The monoisotopic (exact) mass is 333 g/mol. The molecule has 0 spiro atoms.